The Hall–Kier alpha value is -2.71. The van der Waals surface area contributed by atoms with Crippen LogP contribution in [0.25, 0.3) is 6.08 Å². The lowest BCUT2D eigenvalue weighted by molar-refractivity contribution is -0.132. The lowest BCUT2D eigenvalue weighted by atomic mass is 9.95. The second-order valence-electron chi connectivity index (χ2n) is 6.97. The average molecular weight is 376 g/mol. The molecule has 0 bridgehead atoms. The summed E-state index contributed by atoms with van der Waals surface area (Å²) in [6.45, 7) is 0. The van der Waals surface area contributed by atoms with Gasteiger partial charge in [0.2, 0.25) is 0 Å². The van der Waals surface area contributed by atoms with Gasteiger partial charge in [-0.15, -0.1) is 11.8 Å². The summed E-state index contributed by atoms with van der Waals surface area (Å²) in [7, 11) is 0. The maximum atomic E-state index is 11.1. The molecule has 0 spiro atoms. The molecule has 2 aliphatic rings. The van der Waals surface area contributed by atoms with Crippen molar-refractivity contribution in [3.8, 4) is 6.07 Å². The van der Waals surface area contributed by atoms with Crippen LogP contribution in [0.4, 0.5) is 11.4 Å². The van der Waals surface area contributed by atoms with E-state index >= 15 is 0 Å². The first kappa shape index (κ1) is 17.7. The first-order valence-corrected chi connectivity index (χ1v) is 10.3. The predicted octanol–water partition coefficient (Wildman–Crippen LogP) is 5.19. The maximum Gasteiger partial charge on any atom is 0.346 e. The van der Waals surface area contributed by atoms with Crippen LogP contribution in [0.1, 0.15) is 36.3 Å². The van der Waals surface area contributed by atoms with E-state index < -0.39 is 5.97 Å². The minimum Gasteiger partial charge on any atom is -0.477 e. The number of thioether (sulfide) groups is 1. The van der Waals surface area contributed by atoms with Gasteiger partial charge < -0.3 is 10.0 Å². The molecule has 1 aliphatic heterocycles. The average Bonchev–Trinajstić information content (AvgIpc) is 3.26. The largest absolute Gasteiger partial charge is 0.477 e. The third kappa shape index (κ3) is 3.11. The molecule has 1 aliphatic carbocycles. The van der Waals surface area contributed by atoms with E-state index in [4.69, 9.17) is 10.4 Å². The number of rotatable bonds is 4. The molecule has 1 saturated carbocycles. The Bertz CT molecular complexity index is 959. The first-order valence-electron chi connectivity index (χ1n) is 9.04. The Labute approximate surface area is 163 Å². The van der Waals surface area contributed by atoms with E-state index in [1.807, 2.05) is 6.07 Å². The Morgan fingerprint density at radius 2 is 2.04 bits per heavy atom. The molecule has 0 aromatic heterocycles. The zero-order chi connectivity index (χ0) is 19.0. The van der Waals surface area contributed by atoms with Gasteiger partial charge in [-0.1, -0.05) is 12.5 Å². The van der Waals surface area contributed by atoms with Crippen molar-refractivity contribution >= 4 is 35.2 Å². The summed E-state index contributed by atoms with van der Waals surface area (Å²) in [6, 6.07) is 16.9. The summed E-state index contributed by atoms with van der Waals surface area (Å²) in [4.78, 5) is 14.8. The summed E-state index contributed by atoms with van der Waals surface area (Å²) in [5.74, 6) is -0.726. The van der Waals surface area contributed by atoms with Crippen LogP contribution in [0.5, 0.6) is 0 Å². The van der Waals surface area contributed by atoms with E-state index in [1.54, 1.807) is 17.8 Å². The molecular formula is C22H20N2O2S. The summed E-state index contributed by atoms with van der Waals surface area (Å²) >= 11 is 1.74. The van der Waals surface area contributed by atoms with E-state index in [9.17, 15) is 4.79 Å². The highest BCUT2D eigenvalue weighted by Crippen LogP contribution is 2.52. The molecule has 27 heavy (non-hydrogen) atoms. The SMILES string of the molecule is CSc1ccc(N2c3ccc(/C=C(/C#N)C(=O)O)cc3C3CCCC32)cc1. The highest BCUT2D eigenvalue weighted by atomic mass is 32.2. The van der Waals surface area contributed by atoms with Crippen LogP contribution < -0.4 is 4.90 Å². The van der Waals surface area contributed by atoms with Gasteiger partial charge in [-0.2, -0.15) is 5.26 Å². The van der Waals surface area contributed by atoms with Crippen LogP contribution in [0, 0.1) is 11.3 Å². The van der Waals surface area contributed by atoms with Gasteiger partial charge in [0, 0.05) is 28.2 Å². The molecule has 2 aromatic carbocycles. The molecule has 1 fully saturated rings. The molecule has 2 aromatic rings. The minimum absolute atomic E-state index is 0.236. The molecule has 2 atom stereocenters. The number of carboxylic acids is 1. The smallest absolute Gasteiger partial charge is 0.346 e. The van der Waals surface area contributed by atoms with Crippen molar-refractivity contribution in [2.75, 3.05) is 11.2 Å². The Morgan fingerprint density at radius 1 is 1.26 bits per heavy atom. The van der Waals surface area contributed by atoms with Crippen molar-refractivity contribution in [3.63, 3.8) is 0 Å². The molecule has 5 heteroatoms. The van der Waals surface area contributed by atoms with Gasteiger partial charge in [-0.25, -0.2) is 4.79 Å². The second kappa shape index (κ2) is 7.13. The molecule has 4 nitrogen and oxygen atoms in total. The molecule has 1 heterocycles. The molecule has 136 valence electrons. The molecule has 4 rings (SSSR count). The zero-order valence-corrected chi connectivity index (χ0v) is 15.9. The summed E-state index contributed by atoms with van der Waals surface area (Å²) in [5.41, 5.74) is 4.21. The van der Waals surface area contributed by atoms with Crippen LogP contribution >= 0.6 is 11.8 Å². The van der Waals surface area contributed by atoms with Crippen LogP contribution in [0.2, 0.25) is 0 Å². The number of carbonyl (C=O) groups is 1. The number of nitriles is 1. The van der Waals surface area contributed by atoms with E-state index in [0.29, 0.717) is 12.0 Å². The van der Waals surface area contributed by atoms with Crippen molar-refractivity contribution in [2.45, 2.75) is 36.1 Å². The number of aliphatic carboxylic acids is 1. The minimum atomic E-state index is -1.19. The normalized spacial score (nSPS) is 20.9. The second-order valence-corrected chi connectivity index (χ2v) is 7.85. The van der Waals surface area contributed by atoms with Crippen molar-refractivity contribution in [1.29, 1.82) is 5.26 Å². The molecule has 1 N–H and O–H groups in total. The van der Waals surface area contributed by atoms with Gasteiger partial charge in [-0.05, 0) is 72.7 Å². The number of hydrogen-bond acceptors (Lipinski definition) is 4. The quantitative estimate of drug-likeness (QED) is 0.452. The van der Waals surface area contributed by atoms with Gasteiger partial charge in [-0.3, -0.25) is 0 Å². The number of carboxylic acid groups (broad SMARTS) is 1. The lowest BCUT2D eigenvalue weighted by Gasteiger charge is -2.27. The first-order chi connectivity index (χ1) is 13.1. The van der Waals surface area contributed by atoms with Crippen molar-refractivity contribution in [3.05, 3.63) is 59.2 Å². The van der Waals surface area contributed by atoms with Crippen molar-refractivity contribution < 1.29 is 9.90 Å². The monoisotopic (exact) mass is 376 g/mol. The molecule has 0 amide bonds. The topological polar surface area (TPSA) is 64.3 Å². The molecular weight excluding hydrogens is 356 g/mol. The van der Waals surface area contributed by atoms with Crippen molar-refractivity contribution in [2.24, 2.45) is 0 Å². The fourth-order valence-electron chi connectivity index (χ4n) is 4.35. The Morgan fingerprint density at radius 3 is 2.70 bits per heavy atom. The highest BCUT2D eigenvalue weighted by molar-refractivity contribution is 7.98. The van der Waals surface area contributed by atoms with E-state index in [2.05, 4.69) is 47.6 Å². The standard InChI is InChI=1S/C22H20N2O2S/c1-27-17-8-6-16(7-9-17)24-20-4-2-3-18(20)19-12-14(5-10-21(19)24)11-15(13-23)22(25)26/h5-12,18,20H,2-4H2,1H3,(H,25,26)/b15-11-. The number of fused-ring (bicyclic) bond motifs is 3. The molecule has 2 unspecified atom stereocenters. The van der Waals surface area contributed by atoms with Crippen LogP contribution in [-0.4, -0.2) is 23.4 Å². The van der Waals surface area contributed by atoms with Crippen molar-refractivity contribution in [1.82, 2.24) is 0 Å². The fourth-order valence-corrected chi connectivity index (χ4v) is 4.76. The lowest BCUT2D eigenvalue weighted by Crippen LogP contribution is -2.26. The number of anilines is 2. The van der Waals surface area contributed by atoms with Gasteiger partial charge in [0.25, 0.3) is 0 Å². The van der Waals surface area contributed by atoms with E-state index in [-0.39, 0.29) is 5.57 Å². The predicted molar refractivity (Wildman–Crippen MR) is 108 cm³/mol. The van der Waals surface area contributed by atoms with E-state index in [0.717, 1.165) is 18.4 Å². The molecule has 0 radical (unpaired) electrons. The number of benzene rings is 2. The van der Waals surface area contributed by atoms with Crippen LogP contribution in [0.15, 0.2) is 52.9 Å². The third-order valence-corrected chi connectivity index (χ3v) is 6.28. The number of nitrogens with zero attached hydrogens (tertiary/aromatic N) is 2. The van der Waals surface area contributed by atoms with Crippen LogP contribution in [0.3, 0.4) is 0 Å². The summed E-state index contributed by atoms with van der Waals surface area (Å²) in [6.07, 6.45) is 7.05. The third-order valence-electron chi connectivity index (χ3n) is 5.53. The summed E-state index contributed by atoms with van der Waals surface area (Å²) < 4.78 is 0. The Kier molecular flexibility index (Phi) is 4.67. The van der Waals surface area contributed by atoms with Gasteiger partial charge in [0.15, 0.2) is 0 Å². The highest BCUT2D eigenvalue weighted by Gasteiger charge is 2.42. The maximum absolute atomic E-state index is 11.1. The van der Waals surface area contributed by atoms with E-state index in [1.165, 1.54) is 34.3 Å². The number of hydrogen-bond donors (Lipinski definition) is 1. The fraction of sp³-hybridized carbons (Fsp3) is 0.273. The zero-order valence-electron chi connectivity index (χ0n) is 15.1. The van der Waals surface area contributed by atoms with Gasteiger partial charge in [0.1, 0.15) is 11.6 Å². The van der Waals surface area contributed by atoms with Gasteiger partial charge >= 0.3 is 5.97 Å². The van der Waals surface area contributed by atoms with Crippen LogP contribution in [-0.2, 0) is 4.79 Å². The summed E-state index contributed by atoms with van der Waals surface area (Å²) in [5, 5.41) is 18.1. The Balaban J connectivity index is 1.76. The van der Waals surface area contributed by atoms with Gasteiger partial charge in [0.05, 0.1) is 0 Å². The molecule has 0 saturated heterocycles.